The summed E-state index contributed by atoms with van der Waals surface area (Å²) in [6, 6.07) is -20.3. The summed E-state index contributed by atoms with van der Waals surface area (Å²) < 4.78 is 0. The Hall–Kier alpha value is -9.91. The minimum Gasteiger partial charge on any atom is -0.481 e. The Morgan fingerprint density at radius 3 is 1.48 bits per heavy atom. The molecule has 0 aliphatic rings. The van der Waals surface area contributed by atoms with E-state index in [0.717, 1.165) is 18.7 Å². The number of aliphatic hydroxyl groups excluding tert-OH is 1. The van der Waals surface area contributed by atoms with Crippen LogP contribution in [0.4, 0.5) is 0 Å². The van der Waals surface area contributed by atoms with Crippen molar-refractivity contribution in [3.8, 4) is 0 Å². The minimum absolute atomic E-state index is 0.00237. The lowest BCUT2D eigenvalue weighted by Crippen LogP contribution is -2.61. The van der Waals surface area contributed by atoms with Crippen molar-refractivity contribution in [2.75, 3.05) is 30.9 Å². The number of aliphatic carboxylic acids is 4. The van der Waals surface area contributed by atoms with Gasteiger partial charge in [0, 0.05) is 37.0 Å². The molecule has 0 fully saturated rings. The van der Waals surface area contributed by atoms with Crippen molar-refractivity contribution in [2.24, 2.45) is 39.8 Å². The topological polar surface area (TPSA) is 681 Å². The van der Waals surface area contributed by atoms with Gasteiger partial charge in [-0.25, -0.2) is 9.78 Å². The first kappa shape index (κ1) is 89.1. The van der Waals surface area contributed by atoms with Crippen molar-refractivity contribution >= 4 is 131 Å². The van der Waals surface area contributed by atoms with Crippen LogP contribution < -0.4 is 86.7 Å². The van der Waals surface area contributed by atoms with E-state index in [-0.39, 0.29) is 62.2 Å². The third-order valence-corrected chi connectivity index (χ3v) is 15.7. The number of aliphatic hydroxyl groups is 1. The summed E-state index contributed by atoms with van der Waals surface area (Å²) in [6.07, 6.45) is -3.13. The number of carboxylic acid groups (broad SMARTS) is 4. The lowest BCUT2D eigenvalue weighted by molar-refractivity contribution is -0.142. The van der Waals surface area contributed by atoms with Gasteiger partial charge in [-0.1, -0.05) is 34.1 Å². The number of amides is 13. The van der Waals surface area contributed by atoms with Gasteiger partial charge in [0.1, 0.15) is 66.5 Å². The molecule has 14 atom stereocenters. The Labute approximate surface area is 589 Å². The molecule has 0 aromatic carbocycles. The molecule has 101 heavy (non-hydrogen) atoms. The normalized spacial score (nSPS) is 15.2. The molecule has 0 saturated carbocycles. The van der Waals surface area contributed by atoms with Crippen molar-refractivity contribution in [1.82, 2.24) is 73.8 Å². The van der Waals surface area contributed by atoms with Crippen LogP contribution in [0.1, 0.15) is 111 Å². The maximum absolute atomic E-state index is 14.3. The zero-order valence-corrected chi connectivity index (χ0v) is 58.4. The quantitative estimate of drug-likeness (QED) is 0.0125. The number of nitrogens with one attached hydrogen (secondary N) is 13. The first-order valence-corrected chi connectivity index (χ1v) is 33.6. The molecule has 1 aromatic heterocycles. The molecule has 1 aromatic rings. The highest BCUT2D eigenvalue weighted by Gasteiger charge is 2.38. The zero-order chi connectivity index (χ0) is 77.0. The third-order valence-electron chi connectivity index (χ3n) is 14.7. The Morgan fingerprint density at radius 1 is 0.564 bits per heavy atom. The van der Waals surface area contributed by atoms with Crippen LogP contribution in [-0.4, -0.2) is 252 Å². The SMILES string of the molecule is CC[C@H](C)[C@H](N)C(=O)N[C@@H](C)C(=O)N[C@@H](CS)C(=O)N[C@@H](CC(=O)O)C(=O)N[C@@H](CCC(=O)O)C(=O)N[C@@H](CC(=O)O)C(=O)N[C@@H](CCSC)C(=O)N[C@@H](CCCN=C(N)N)C(=O)N[C@@H](CC(N)=O)C(=O)N[C@H](C(=O)NCC(=O)N[C@@H](CC(C)C)C(=O)N[C@@H](Cc1cnc[nH]1)C(=O)O)[C@@H](C)O. The van der Waals surface area contributed by atoms with Gasteiger partial charge in [-0.2, -0.15) is 24.4 Å². The van der Waals surface area contributed by atoms with Gasteiger partial charge < -0.3 is 117 Å². The summed E-state index contributed by atoms with van der Waals surface area (Å²) in [7, 11) is 0. The van der Waals surface area contributed by atoms with Crippen molar-refractivity contribution < 1.29 is 107 Å². The fraction of sp³-hybridized carbons (Fsp3) is 0.638. The Balaban J connectivity index is 3.53. The van der Waals surface area contributed by atoms with E-state index in [1.807, 2.05) is 0 Å². The average molecular weight is 1470 g/mol. The van der Waals surface area contributed by atoms with E-state index in [1.165, 1.54) is 19.4 Å². The number of aromatic amines is 1. The molecule has 43 heteroatoms. The lowest BCUT2D eigenvalue weighted by Gasteiger charge is -2.28. The van der Waals surface area contributed by atoms with Crippen LogP contribution in [0.5, 0.6) is 0 Å². The van der Waals surface area contributed by atoms with Crippen LogP contribution in [0.25, 0.3) is 0 Å². The number of imidazole rings is 1. The van der Waals surface area contributed by atoms with Crippen LogP contribution in [-0.2, 0) is 87.9 Å². The number of carboxylic acids is 4. The number of carbonyl (C=O) groups excluding carboxylic acids is 13. The molecule has 1 heterocycles. The standard InChI is InChI=1S/C58H95N19O22S2/c1-8-26(4)44(60)55(96)67-27(5)46(87)76-38(23-100)54(95)74-36(20-43(85)86)51(92)70-31(11-12-41(81)82)48(89)73-35(19-42(83)84)52(93)71-32(13-15-101-7)49(90)69-30(10-9-14-64-58(61)62)47(88)72-34(18-39(59)79)53(94)77-45(28(6)78)56(97)65-22-40(80)68-33(16-25(2)3)50(91)75-37(57(98)99)17-29-21-63-24-66-29/h21,24-28,30-38,44-45,78,100H,8-20,22-23,60H2,1-7H3,(H2,59,79)(H,63,66)(H,65,97)(H,67,96)(H,68,80)(H,69,90)(H,70,92)(H,71,93)(H,72,88)(H,73,89)(H,74,95)(H,75,91)(H,76,87)(H,77,94)(H,81,82)(H,83,84)(H,85,86)(H,98,99)(H4,61,62,64)/t26-,27-,28+,30-,31-,32-,33-,34-,35-,36-,37-,38-,44-,45-/m0/s1. The zero-order valence-electron chi connectivity index (χ0n) is 56.7. The van der Waals surface area contributed by atoms with Crippen molar-refractivity contribution in [2.45, 2.75) is 191 Å². The molecule has 26 N–H and O–H groups in total. The summed E-state index contributed by atoms with van der Waals surface area (Å²) in [5.74, 6) is -22.8. The second kappa shape index (κ2) is 45.7. The molecule has 0 spiro atoms. The number of aromatic nitrogens is 2. The van der Waals surface area contributed by atoms with Gasteiger partial charge in [-0.15, -0.1) is 0 Å². The second-order valence-electron chi connectivity index (χ2n) is 23.7. The Morgan fingerprint density at radius 2 is 1.03 bits per heavy atom. The fourth-order valence-corrected chi connectivity index (χ4v) is 9.71. The van der Waals surface area contributed by atoms with Gasteiger partial charge >= 0.3 is 23.9 Å². The van der Waals surface area contributed by atoms with Crippen LogP contribution in [0.15, 0.2) is 17.5 Å². The number of H-pyrrole nitrogens is 1. The predicted molar refractivity (Wildman–Crippen MR) is 360 cm³/mol. The Kier molecular flexibility index (Phi) is 40.3. The summed E-state index contributed by atoms with van der Waals surface area (Å²) in [5, 5.41) is 76.6. The first-order valence-electron chi connectivity index (χ1n) is 31.6. The number of thiol groups is 1. The molecule has 13 amide bonds. The highest BCUT2D eigenvalue weighted by atomic mass is 32.2. The number of thioether (sulfide) groups is 1. The van der Waals surface area contributed by atoms with Gasteiger partial charge in [0.15, 0.2) is 5.96 Å². The number of carbonyl (C=O) groups is 17. The van der Waals surface area contributed by atoms with E-state index in [2.05, 4.69) is 91.4 Å². The van der Waals surface area contributed by atoms with Crippen molar-refractivity contribution in [3.05, 3.63) is 18.2 Å². The van der Waals surface area contributed by atoms with Gasteiger partial charge in [0.05, 0.1) is 44.3 Å². The smallest absolute Gasteiger partial charge is 0.326 e. The van der Waals surface area contributed by atoms with Gasteiger partial charge in [0.25, 0.3) is 0 Å². The number of hydrogen-bond donors (Lipinski definition) is 23. The van der Waals surface area contributed by atoms with Crippen molar-refractivity contribution in [3.63, 3.8) is 0 Å². The van der Waals surface area contributed by atoms with E-state index in [4.69, 9.17) is 22.9 Å². The number of aliphatic imine (C=N–C) groups is 1. The van der Waals surface area contributed by atoms with E-state index < -0.39 is 224 Å². The van der Waals surface area contributed by atoms with E-state index in [9.17, 15) is 107 Å². The number of nitrogens with two attached hydrogens (primary N) is 4. The first-order chi connectivity index (χ1) is 47.2. The Bertz CT molecular complexity index is 3090. The summed E-state index contributed by atoms with van der Waals surface area (Å²) in [4.78, 5) is 234. The molecule has 0 aliphatic carbocycles. The minimum atomic E-state index is -2.17. The van der Waals surface area contributed by atoms with Crippen molar-refractivity contribution in [1.29, 1.82) is 0 Å². The number of nitrogens with zero attached hydrogens (tertiary/aromatic N) is 2. The summed E-state index contributed by atoms with van der Waals surface area (Å²) in [6.45, 7) is 8.17. The van der Waals surface area contributed by atoms with Gasteiger partial charge in [-0.05, 0) is 69.8 Å². The van der Waals surface area contributed by atoms with Gasteiger partial charge in [0.2, 0.25) is 76.8 Å². The number of guanidine groups is 1. The van der Waals surface area contributed by atoms with Crippen LogP contribution >= 0.6 is 24.4 Å². The third kappa shape index (κ3) is 34.6. The van der Waals surface area contributed by atoms with Gasteiger partial charge in [-0.3, -0.25) is 81.7 Å². The lowest BCUT2D eigenvalue weighted by atomic mass is 9.99. The molecule has 0 radical (unpaired) electrons. The van der Waals surface area contributed by atoms with E-state index >= 15 is 0 Å². The highest BCUT2D eigenvalue weighted by Crippen LogP contribution is 2.12. The maximum atomic E-state index is 14.3. The van der Waals surface area contributed by atoms with Crippen LogP contribution in [0.2, 0.25) is 0 Å². The number of primary amides is 1. The fourth-order valence-electron chi connectivity index (χ4n) is 8.98. The molecule has 0 saturated heterocycles. The molecular weight excluding hydrogens is 1380 g/mol. The van der Waals surface area contributed by atoms with E-state index in [0.29, 0.717) is 12.1 Å². The number of rotatable bonds is 49. The predicted octanol–water partition coefficient (Wildman–Crippen LogP) is -8.27. The molecular formula is C58H95N19O22S2. The molecule has 0 unspecified atom stereocenters. The van der Waals surface area contributed by atoms with Crippen LogP contribution in [0.3, 0.4) is 0 Å². The molecule has 566 valence electrons. The summed E-state index contributed by atoms with van der Waals surface area (Å²) >= 11 is 5.19. The largest absolute Gasteiger partial charge is 0.481 e. The number of hydrogen-bond acceptors (Lipinski definition) is 23. The molecule has 0 bridgehead atoms. The molecule has 41 nitrogen and oxygen atoms in total. The highest BCUT2D eigenvalue weighted by molar-refractivity contribution is 7.98. The average Bonchev–Trinajstić information content (AvgIpc) is 1.35. The second-order valence-corrected chi connectivity index (χ2v) is 25.0. The van der Waals surface area contributed by atoms with E-state index in [1.54, 1.807) is 34.0 Å². The monoisotopic (exact) mass is 1470 g/mol. The maximum Gasteiger partial charge on any atom is 0.326 e. The molecule has 1 rings (SSSR count). The van der Waals surface area contributed by atoms with Crippen LogP contribution in [0, 0.1) is 11.8 Å². The molecule has 0 aliphatic heterocycles. The summed E-state index contributed by atoms with van der Waals surface area (Å²) in [5.41, 5.74) is 22.7.